The Hall–Kier alpha value is -3.36. The van der Waals surface area contributed by atoms with E-state index in [2.05, 4.69) is 4.90 Å². The minimum absolute atomic E-state index is 0.101. The summed E-state index contributed by atoms with van der Waals surface area (Å²) in [7, 11) is 1.58. The van der Waals surface area contributed by atoms with Crippen molar-refractivity contribution < 1.29 is 28.9 Å². The van der Waals surface area contributed by atoms with Crippen molar-refractivity contribution in [3.8, 4) is 11.5 Å². The highest BCUT2D eigenvalue weighted by atomic mass is 16.5. The maximum atomic E-state index is 13.3. The molecule has 36 heavy (non-hydrogen) atoms. The molecule has 8 nitrogen and oxygen atoms in total. The summed E-state index contributed by atoms with van der Waals surface area (Å²) in [6.45, 7) is 8.61. The second-order valence-corrected chi connectivity index (χ2v) is 8.98. The zero-order valence-electron chi connectivity index (χ0n) is 21.2. The quantitative estimate of drug-likeness (QED) is 0.324. The summed E-state index contributed by atoms with van der Waals surface area (Å²) >= 11 is 0. The summed E-state index contributed by atoms with van der Waals surface area (Å²) in [4.78, 5) is 30.4. The molecule has 1 N–H and O–H groups in total. The van der Waals surface area contributed by atoms with Crippen LogP contribution >= 0.6 is 0 Å². The second-order valence-electron chi connectivity index (χ2n) is 8.98. The molecule has 0 aliphatic carbocycles. The van der Waals surface area contributed by atoms with E-state index in [9.17, 15) is 14.7 Å². The molecule has 2 aromatic rings. The molecule has 2 heterocycles. The van der Waals surface area contributed by atoms with Crippen LogP contribution in [0.5, 0.6) is 11.5 Å². The first kappa shape index (κ1) is 25.7. The number of aryl methyl sites for hydroxylation is 1. The van der Waals surface area contributed by atoms with Gasteiger partial charge >= 0.3 is 0 Å². The smallest absolute Gasteiger partial charge is 0.295 e. The highest BCUT2D eigenvalue weighted by Crippen LogP contribution is 2.40. The summed E-state index contributed by atoms with van der Waals surface area (Å²) in [5.41, 5.74) is 2.10. The van der Waals surface area contributed by atoms with Gasteiger partial charge in [-0.2, -0.15) is 0 Å². The predicted octanol–water partition coefficient (Wildman–Crippen LogP) is 3.55. The third kappa shape index (κ3) is 5.39. The number of Topliss-reactive ketones (excluding diaryl/α,β-unsaturated/α-hetero) is 1. The van der Waals surface area contributed by atoms with Crippen LogP contribution in [0, 0.1) is 6.92 Å². The fourth-order valence-corrected chi connectivity index (χ4v) is 4.84. The standard InChI is InChI=1S/C28H34N2O6/c1-4-36-22-10-11-23(19(2)18-22)26(31)24-25(20-6-8-21(34-3)9-7-20)30(28(33)27(24)32)13-5-12-29-14-16-35-17-15-29/h6-11,18,25,31H,4-5,12-17H2,1-3H3/t25-/m0/s1. The number of nitrogens with zero attached hydrogens (tertiary/aromatic N) is 2. The number of aliphatic hydroxyl groups is 1. The van der Waals surface area contributed by atoms with Crippen molar-refractivity contribution in [3.63, 3.8) is 0 Å². The van der Waals surface area contributed by atoms with E-state index >= 15 is 0 Å². The fraction of sp³-hybridized carbons (Fsp3) is 0.429. The number of morpholine rings is 1. The van der Waals surface area contributed by atoms with E-state index in [4.69, 9.17) is 14.2 Å². The molecule has 4 rings (SSSR count). The molecule has 2 saturated heterocycles. The lowest BCUT2D eigenvalue weighted by molar-refractivity contribution is -0.140. The Morgan fingerprint density at radius 3 is 2.39 bits per heavy atom. The second kappa shape index (κ2) is 11.6. The maximum absolute atomic E-state index is 13.3. The number of ketones is 1. The number of aliphatic hydroxyl groups excluding tert-OH is 1. The number of carbonyl (C=O) groups is 2. The number of amides is 1. The van der Waals surface area contributed by atoms with Gasteiger partial charge in [0.2, 0.25) is 0 Å². The van der Waals surface area contributed by atoms with E-state index in [0.29, 0.717) is 49.8 Å². The van der Waals surface area contributed by atoms with E-state index < -0.39 is 17.7 Å². The molecule has 0 unspecified atom stereocenters. The average molecular weight is 495 g/mol. The number of carbonyl (C=O) groups excluding carboxylic acids is 2. The summed E-state index contributed by atoms with van der Waals surface area (Å²) in [5, 5.41) is 11.4. The molecule has 1 amide bonds. The minimum Gasteiger partial charge on any atom is -0.507 e. The Bertz CT molecular complexity index is 1120. The summed E-state index contributed by atoms with van der Waals surface area (Å²) in [5.74, 6) is -0.0894. The number of rotatable bonds is 9. The summed E-state index contributed by atoms with van der Waals surface area (Å²) in [6.07, 6.45) is 0.710. The number of ether oxygens (including phenoxy) is 3. The molecule has 192 valence electrons. The van der Waals surface area contributed by atoms with Gasteiger partial charge in [-0.3, -0.25) is 14.5 Å². The minimum atomic E-state index is -0.688. The molecular formula is C28H34N2O6. The molecule has 2 fully saturated rings. The molecule has 0 saturated carbocycles. The highest BCUT2D eigenvalue weighted by molar-refractivity contribution is 6.46. The van der Waals surface area contributed by atoms with Gasteiger partial charge < -0.3 is 24.2 Å². The van der Waals surface area contributed by atoms with Gasteiger partial charge in [-0.1, -0.05) is 12.1 Å². The van der Waals surface area contributed by atoms with Gasteiger partial charge in [-0.05, 0) is 61.7 Å². The van der Waals surface area contributed by atoms with Crippen LogP contribution < -0.4 is 9.47 Å². The fourth-order valence-electron chi connectivity index (χ4n) is 4.84. The van der Waals surface area contributed by atoms with E-state index in [1.54, 1.807) is 36.3 Å². The lowest BCUT2D eigenvalue weighted by Gasteiger charge is -2.29. The number of methoxy groups -OCH3 is 1. The highest BCUT2D eigenvalue weighted by Gasteiger charge is 2.46. The van der Waals surface area contributed by atoms with Gasteiger partial charge in [0, 0.05) is 31.7 Å². The molecule has 2 aliphatic rings. The van der Waals surface area contributed by atoms with Crippen LogP contribution in [0.3, 0.4) is 0 Å². The predicted molar refractivity (Wildman–Crippen MR) is 136 cm³/mol. The van der Waals surface area contributed by atoms with Crippen LogP contribution in [0.2, 0.25) is 0 Å². The van der Waals surface area contributed by atoms with Crippen molar-refractivity contribution in [2.45, 2.75) is 26.3 Å². The van der Waals surface area contributed by atoms with Crippen LogP contribution in [-0.2, 0) is 14.3 Å². The lowest BCUT2D eigenvalue weighted by atomic mass is 9.93. The first-order chi connectivity index (χ1) is 17.4. The third-order valence-corrected chi connectivity index (χ3v) is 6.71. The Morgan fingerprint density at radius 1 is 1.06 bits per heavy atom. The van der Waals surface area contributed by atoms with Gasteiger partial charge in [-0.15, -0.1) is 0 Å². The average Bonchev–Trinajstić information content (AvgIpc) is 3.14. The van der Waals surface area contributed by atoms with Crippen molar-refractivity contribution in [2.75, 3.05) is 53.1 Å². The first-order valence-corrected chi connectivity index (χ1v) is 12.4. The van der Waals surface area contributed by atoms with Gasteiger partial charge in [0.05, 0.1) is 38.5 Å². The van der Waals surface area contributed by atoms with E-state index in [1.165, 1.54) is 0 Å². The molecule has 0 radical (unpaired) electrons. The Morgan fingerprint density at radius 2 is 1.75 bits per heavy atom. The Kier molecular flexibility index (Phi) is 8.28. The number of hydrogen-bond donors (Lipinski definition) is 1. The van der Waals surface area contributed by atoms with Gasteiger partial charge in [0.1, 0.15) is 17.3 Å². The molecular weight excluding hydrogens is 460 g/mol. The summed E-state index contributed by atoms with van der Waals surface area (Å²) in [6, 6.07) is 11.9. The molecule has 1 atom stereocenters. The first-order valence-electron chi connectivity index (χ1n) is 12.4. The topological polar surface area (TPSA) is 88.5 Å². The zero-order chi connectivity index (χ0) is 25.7. The van der Waals surface area contributed by atoms with Crippen molar-refractivity contribution in [2.24, 2.45) is 0 Å². The lowest BCUT2D eigenvalue weighted by Crippen LogP contribution is -2.38. The van der Waals surface area contributed by atoms with Crippen LogP contribution in [0.1, 0.15) is 36.1 Å². The molecule has 0 aromatic heterocycles. The maximum Gasteiger partial charge on any atom is 0.295 e. The SMILES string of the molecule is CCOc1ccc(C(O)=C2C(=O)C(=O)N(CCCN3CCOCC3)[C@H]2c2ccc(OC)cc2)c(C)c1. The number of likely N-dealkylation sites (tertiary alicyclic amines) is 1. The third-order valence-electron chi connectivity index (χ3n) is 6.71. The number of hydrogen-bond acceptors (Lipinski definition) is 7. The number of benzene rings is 2. The molecule has 2 aliphatic heterocycles. The van der Waals surface area contributed by atoms with E-state index in [0.717, 1.165) is 30.8 Å². The molecule has 0 bridgehead atoms. The van der Waals surface area contributed by atoms with Gasteiger partial charge in [0.15, 0.2) is 0 Å². The van der Waals surface area contributed by atoms with Crippen LogP contribution in [-0.4, -0.2) is 79.7 Å². The Balaban J connectivity index is 1.69. The van der Waals surface area contributed by atoms with Crippen LogP contribution in [0.4, 0.5) is 0 Å². The zero-order valence-corrected chi connectivity index (χ0v) is 21.2. The molecule has 8 heteroatoms. The summed E-state index contributed by atoms with van der Waals surface area (Å²) < 4.78 is 16.3. The van der Waals surface area contributed by atoms with E-state index in [1.807, 2.05) is 32.0 Å². The molecule has 0 spiro atoms. The van der Waals surface area contributed by atoms with Crippen molar-refractivity contribution in [1.29, 1.82) is 0 Å². The van der Waals surface area contributed by atoms with Gasteiger partial charge in [-0.25, -0.2) is 0 Å². The van der Waals surface area contributed by atoms with Crippen molar-refractivity contribution in [1.82, 2.24) is 9.80 Å². The van der Waals surface area contributed by atoms with Crippen LogP contribution in [0.15, 0.2) is 48.0 Å². The largest absolute Gasteiger partial charge is 0.507 e. The van der Waals surface area contributed by atoms with Crippen LogP contribution in [0.25, 0.3) is 5.76 Å². The Labute approximate surface area is 212 Å². The molecule has 2 aromatic carbocycles. The van der Waals surface area contributed by atoms with Crippen molar-refractivity contribution in [3.05, 3.63) is 64.7 Å². The monoisotopic (exact) mass is 494 g/mol. The van der Waals surface area contributed by atoms with Crippen molar-refractivity contribution >= 4 is 17.4 Å². The van der Waals surface area contributed by atoms with Gasteiger partial charge in [0.25, 0.3) is 11.7 Å². The van der Waals surface area contributed by atoms with E-state index in [-0.39, 0.29) is 11.3 Å². The normalized spacial score (nSPS) is 20.1.